The van der Waals surface area contributed by atoms with Crippen molar-refractivity contribution in [3.8, 4) is 0 Å². The molecule has 2 aromatic rings. The molecular weight excluding hydrogens is 311 g/mol. The molecule has 0 bridgehead atoms. The minimum absolute atomic E-state index is 0.0205. The van der Waals surface area contributed by atoms with Crippen LogP contribution in [0.4, 0.5) is 24.8 Å². The predicted octanol–water partition coefficient (Wildman–Crippen LogP) is 0.980. The van der Waals surface area contributed by atoms with Crippen molar-refractivity contribution in [3.05, 3.63) is 42.0 Å². The summed E-state index contributed by atoms with van der Waals surface area (Å²) in [7, 11) is -4.18. The number of halogens is 3. The molecular formula is C10H8F3N5O2S. The molecule has 0 unspecified atom stereocenters. The van der Waals surface area contributed by atoms with Crippen LogP contribution in [-0.2, 0) is 10.0 Å². The van der Waals surface area contributed by atoms with Crippen LogP contribution >= 0.6 is 0 Å². The van der Waals surface area contributed by atoms with E-state index in [0.717, 1.165) is 12.4 Å². The number of benzene rings is 1. The van der Waals surface area contributed by atoms with Crippen LogP contribution < -0.4 is 16.0 Å². The molecule has 0 atom stereocenters. The Balaban J connectivity index is 2.32. The highest BCUT2D eigenvalue weighted by molar-refractivity contribution is 7.92. The van der Waals surface area contributed by atoms with Gasteiger partial charge in [-0.2, -0.15) is 0 Å². The number of nitrogens with zero attached hydrogens (tertiary/aromatic N) is 2. The molecule has 0 amide bonds. The SMILES string of the molecule is NNc1ncc(S(=O)(=O)Nc2cc(F)c(F)c(F)c2)cn1. The molecule has 0 fully saturated rings. The van der Waals surface area contributed by atoms with E-state index in [2.05, 4.69) is 15.4 Å². The fraction of sp³-hybridized carbons (Fsp3) is 0. The summed E-state index contributed by atoms with van der Waals surface area (Å²) in [4.78, 5) is 6.79. The monoisotopic (exact) mass is 319 g/mol. The number of nitrogen functional groups attached to an aromatic ring is 1. The van der Waals surface area contributed by atoms with E-state index in [9.17, 15) is 21.6 Å². The van der Waals surface area contributed by atoms with Crippen molar-refractivity contribution in [1.29, 1.82) is 0 Å². The minimum atomic E-state index is -4.18. The zero-order valence-electron chi connectivity index (χ0n) is 10.1. The molecule has 4 N–H and O–H groups in total. The van der Waals surface area contributed by atoms with Gasteiger partial charge in [-0.1, -0.05) is 0 Å². The van der Waals surface area contributed by atoms with Crippen molar-refractivity contribution in [3.63, 3.8) is 0 Å². The maximum atomic E-state index is 13.0. The van der Waals surface area contributed by atoms with Gasteiger partial charge in [0.25, 0.3) is 10.0 Å². The number of hydrogen-bond acceptors (Lipinski definition) is 6. The predicted molar refractivity (Wildman–Crippen MR) is 67.0 cm³/mol. The molecule has 1 heterocycles. The minimum Gasteiger partial charge on any atom is -0.292 e. The quantitative estimate of drug-likeness (QED) is 0.440. The fourth-order valence-electron chi connectivity index (χ4n) is 1.36. The van der Waals surface area contributed by atoms with Crippen LogP contribution in [0.5, 0.6) is 0 Å². The lowest BCUT2D eigenvalue weighted by molar-refractivity contribution is 0.448. The van der Waals surface area contributed by atoms with Crippen LogP contribution in [-0.4, -0.2) is 18.4 Å². The number of rotatable bonds is 4. The number of nitrogens with one attached hydrogen (secondary N) is 2. The van der Waals surface area contributed by atoms with E-state index in [1.165, 1.54) is 0 Å². The number of hydrazine groups is 1. The molecule has 1 aromatic heterocycles. The Morgan fingerprint density at radius 3 is 2.05 bits per heavy atom. The van der Waals surface area contributed by atoms with Crippen LogP contribution in [0, 0.1) is 17.5 Å². The number of nitrogens with two attached hydrogens (primary N) is 1. The van der Waals surface area contributed by atoms with Gasteiger partial charge in [-0.05, 0) is 0 Å². The van der Waals surface area contributed by atoms with E-state index >= 15 is 0 Å². The largest absolute Gasteiger partial charge is 0.292 e. The van der Waals surface area contributed by atoms with E-state index in [4.69, 9.17) is 5.84 Å². The van der Waals surface area contributed by atoms with Gasteiger partial charge >= 0.3 is 0 Å². The van der Waals surface area contributed by atoms with Crippen molar-refractivity contribution in [2.45, 2.75) is 4.90 Å². The number of aromatic nitrogens is 2. The van der Waals surface area contributed by atoms with Crippen LogP contribution in [0.2, 0.25) is 0 Å². The topological polar surface area (TPSA) is 110 Å². The summed E-state index contributed by atoms with van der Waals surface area (Å²) in [5.41, 5.74) is 1.62. The summed E-state index contributed by atoms with van der Waals surface area (Å²) < 4.78 is 64.6. The summed E-state index contributed by atoms with van der Waals surface area (Å²) in [6.07, 6.45) is 1.86. The molecule has 0 saturated heterocycles. The fourth-order valence-corrected chi connectivity index (χ4v) is 2.29. The van der Waals surface area contributed by atoms with Crippen LogP contribution in [0.1, 0.15) is 0 Å². The summed E-state index contributed by atoms with van der Waals surface area (Å²) in [5.74, 6) is 0.262. The molecule has 0 spiro atoms. The lowest BCUT2D eigenvalue weighted by Crippen LogP contribution is -2.16. The second kappa shape index (κ2) is 5.54. The maximum absolute atomic E-state index is 13.0. The highest BCUT2D eigenvalue weighted by atomic mass is 32.2. The number of hydrogen-bond donors (Lipinski definition) is 3. The first-order chi connectivity index (χ1) is 9.83. The van der Waals surface area contributed by atoms with Gasteiger partial charge in [0, 0.05) is 12.1 Å². The normalized spacial score (nSPS) is 11.2. The molecule has 0 saturated carbocycles. The van der Waals surface area contributed by atoms with Crippen molar-refractivity contribution >= 4 is 21.7 Å². The second-order valence-corrected chi connectivity index (χ2v) is 5.43. The van der Waals surface area contributed by atoms with Crippen molar-refractivity contribution in [2.75, 3.05) is 10.1 Å². The first-order valence-electron chi connectivity index (χ1n) is 5.29. The van der Waals surface area contributed by atoms with Crippen molar-refractivity contribution < 1.29 is 21.6 Å². The lowest BCUT2D eigenvalue weighted by atomic mass is 10.3. The Labute approximate surface area is 117 Å². The van der Waals surface area contributed by atoms with Crippen molar-refractivity contribution in [2.24, 2.45) is 5.84 Å². The van der Waals surface area contributed by atoms with Crippen LogP contribution in [0.25, 0.3) is 0 Å². The van der Waals surface area contributed by atoms with E-state index in [-0.39, 0.29) is 10.8 Å². The average molecular weight is 319 g/mol. The Hall–Kier alpha value is -2.40. The zero-order valence-corrected chi connectivity index (χ0v) is 11.0. The molecule has 0 radical (unpaired) electrons. The molecule has 2 rings (SSSR count). The van der Waals surface area contributed by atoms with Gasteiger partial charge in [0.1, 0.15) is 4.90 Å². The van der Waals surface area contributed by atoms with E-state index in [1.54, 1.807) is 0 Å². The average Bonchev–Trinajstić information content (AvgIpc) is 2.44. The Kier molecular flexibility index (Phi) is 3.95. The summed E-state index contributed by atoms with van der Waals surface area (Å²) >= 11 is 0. The summed E-state index contributed by atoms with van der Waals surface area (Å²) in [6, 6.07) is 1.01. The van der Waals surface area contributed by atoms with Gasteiger partial charge in [0.15, 0.2) is 17.5 Å². The number of sulfonamides is 1. The third-order valence-corrected chi connectivity index (χ3v) is 3.64. The Bertz CT molecular complexity index is 744. The van der Waals surface area contributed by atoms with Crippen molar-refractivity contribution in [1.82, 2.24) is 9.97 Å². The number of anilines is 2. The molecule has 0 aliphatic rings. The van der Waals surface area contributed by atoms with E-state index < -0.39 is 33.2 Å². The Morgan fingerprint density at radius 2 is 1.57 bits per heavy atom. The van der Waals surface area contributed by atoms with Gasteiger partial charge in [-0.3, -0.25) is 10.1 Å². The maximum Gasteiger partial charge on any atom is 0.264 e. The highest BCUT2D eigenvalue weighted by Crippen LogP contribution is 2.20. The first kappa shape index (κ1) is 15.0. The highest BCUT2D eigenvalue weighted by Gasteiger charge is 2.18. The second-order valence-electron chi connectivity index (χ2n) is 3.75. The molecule has 1 aromatic carbocycles. The smallest absolute Gasteiger partial charge is 0.264 e. The van der Waals surface area contributed by atoms with Gasteiger partial charge in [0.2, 0.25) is 5.95 Å². The zero-order chi connectivity index (χ0) is 15.6. The Morgan fingerprint density at radius 1 is 1.05 bits per heavy atom. The molecule has 7 nitrogen and oxygen atoms in total. The van der Waals surface area contributed by atoms with E-state index in [1.807, 2.05) is 4.72 Å². The molecule has 112 valence electrons. The van der Waals surface area contributed by atoms with Gasteiger partial charge in [0.05, 0.1) is 18.1 Å². The third kappa shape index (κ3) is 3.20. The standard InChI is InChI=1S/C10H8F3N5O2S/c11-7-1-5(2-8(12)9(7)13)18-21(19,20)6-3-15-10(17-14)16-4-6/h1-4,18H,14H2,(H,15,16,17). The lowest BCUT2D eigenvalue weighted by Gasteiger charge is -2.08. The third-order valence-electron chi connectivity index (χ3n) is 2.30. The van der Waals surface area contributed by atoms with Gasteiger partial charge < -0.3 is 0 Å². The first-order valence-corrected chi connectivity index (χ1v) is 6.78. The molecule has 0 aliphatic heterocycles. The van der Waals surface area contributed by atoms with Gasteiger partial charge in [-0.15, -0.1) is 0 Å². The van der Waals surface area contributed by atoms with Crippen LogP contribution in [0.15, 0.2) is 29.4 Å². The summed E-state index contributed by atoms with van der Waals surface area (Å²) in [6.45, 7) is 0. The van der Waals surface area contributed by atoms with Crippen LogP contribution in [0.3, 0.4) is 0 Å². The summed E-state index contributed by atoms with van der Waals surface area (Å²) in [5, 5.41) is 0. The van der Waals surface area contributed by atoms with E-state index in [0.29, 0.717) is 12.1 Å². The molecule has 11 heteroatoms. The molecule has 21 heavy (non-hydrogen) atoms. The molecule has 0 aliphatic carbocycles. The van der Waals surface area contributed by atoms with Gasteiger partial charge in [-0.25, -0.2) is 37.4 Å².